The Morgan fingerprint density at radius 2 is 2.32 bits per heavy atom. The minimum absolute atomic E-state index is 0.0400. The number of β-amino-alcohol motifs (C(OH)–C–C–N with tert-alkyl or cyclic N) is 1. The van der Waals surface area contributed by atoms with Gasteiger partial charge in [0.05, 0.1) is 18.9 Å². The summed E-state index contributed by atoms with van der Waals surface area (Å²) in [5, 5.41) is 18.6. The molecule has 1 aromatic heterocycles. The van der Waals surface area contributed by atoms with Gasteiger partial charge in [-0.15, -0.1) is 0 Å². The third kappa shape index (κ3) is 2.87. The van der Waals surface area contributed by atoms with E-state index in [2.05, 4.69) is 0 Å². The van der Waals surface area contributed by atoms with Gasteiger partial charge >= 0.3 is 12.0 Å². The predicted molar refractivity (Wildman–Crippen MR) is 64.3 cm³/mol. The van der Waals surface area contributed by atoms with Crippen LogP contribution in [0.3, 0.4) is 0 Å². The van der Waals surface area contributed by atoms with Crippen molar-refractivity contribution in [1.82, 2.24) is 9.80 Å². The Morgan fingerprint density at radius 3 is 2.89 bits per heavy atom. The highest BCUT2D eigenvalue weighted by atomic mass is 16.4. The molecule has 2 atom stereocenters. The normalized spacial score (nSPS) is 22.5. The molecule has 2 N–H and O–H groups in total. The van der Waals surface area contributed by atoms with Crippen LogP contribution >= 0.6 is 0 Å². The summed E-state index contributed by atoms with van der Waals surface area (Å²) in [6.07, 6.45) is 0.783. The van der Waals surface area contributed by atoms with Gasteiger partial charge in [-0.25, -0.2) is 9.59 Å². The second kappa shape index (κ2) is 5.31. The molecule has 1 aliphatic rings. The van der Waals surface area contributed by atoms with E-state index in [1.54, 1.807) is 19.2 Å². The van der Waals surface area contributed by atoms with Gasteiger partial charge in [0.15, 0.2) is 0 Å². The number of aliphatic carboxylic acids is 1. The maximum absolute atomic E-state index is 12.2. The standard InChI is InChI=1S/C12H16N2O5/c1-13(7-9-3-2-4-19-9)12(18)14-6-8(15)5-10(14)11(16)17/h2-4,8,10,15H,5-7H2,1H3,(H,16,17). The van der Waals surface area contributed by atoms with Gasteiger partial charge in [0.2, 0.25) is 0 Å². The molecule has 2 rings (SSSR count). The van der Waals surface area contributed by atoms with Crippen LogP contribution in [-0.4, -0.2) is 57.8 Å². The highest BCUT2D eigenvalue weighted by Crippen LogP contribution is 2.20. The van der Waals surface area contributed by atoms with Gasteiger partial charge in [-0.05, 0) is 12.1 Å². The molecule has 0 spiro atoms. The fourth-order valence-corrected chi connectivity index (χ4v) is 2.18. The van der Waals surface area contributed by atoms with E-state index in [-0.39, 0.29) is 19.5 Å². The minimum atomic E-state index is -1.10. The van der Waals surface area contributed by atoms with Crippen molar-refractivity contribution in [3.8, 4) is 0 Å². The van der Waals surface area contributed by atoms with Crippen molar-refractivity contribution in [2.24, 2.45) is 0 Å². The number of carbonyl (C=O) groups is 2. The largest absolute Gasteiger partial charge is 0.480 e. The van der Waals surface area contributed by atoms with E-state index < -0.39 is 24.1 Å². The van der Waals surface area contributed by atoms with Crippen LogP contribution in [0.4, 0.5) is 4.79 Å². The number of hydrogen-bond acceptors (Lipinski definition) is 4. The van der Waals surface area contributed by atoms with Gasteiger partial charge in [-0.2, -0.15) is 0 Å². The second-order valence-corrected chi connectivity index (χ2v) is 4.61. The zero-order chi connectivity index (χ0) is 14.0. The Balaban J connectivity index is 2.03. The van der Waals surface area contributed by atoms with Gasteiger partial charge in [0.1, 0.15) is 11.8 Å². The molecule has 2 amide bonds. The summed E-state index contributed by atoms with van der Waals surface area (Å²) in [5.74, 6) is -0.487. The summed E-state index contributed by atoms with van der Waals surface area (Å²) < 4.78 is 5.13. The van der Waals surface area contributed by atoms with E-state index in [4.69, 9.17) is 9.52 Å². The SMILES string of the molecule is CN(Cc1ccco1)C(=O)N1CC(O)CC1C(=O)O. The third-order valence-corrected chi connectivity index (χ3v) is 3.11. The summed E-state index contributed by atoms with van der Waals surface area (Å²) in [6, 6.07) is 2.05. The first kappa shape index (κ1) is 13.4. The number of amides is 2. The van der Waals surface area contributed by atoms with Crippen LogP contribution in [0.2, 0.25) is 0 Å². The van der Waals surface area contributed by atoms with Crippen molar-refractivity contribution >= 4 is 12.0 Å². The molecule has 1 aromatic rings. The van der Waals surface area contributed by atoms with Crippen LogP contribution in [0.25, 0.3) is 0 Å². The molecule has 104 valence electrons. The molecule has 2 heterocycles. The molecule has 0 saturated carbocycles. The summed E-state index contributed by atoms with van der Waals surface area (Å²) in [5.41, 5.74) is 0. The summed E-state index contributed by atoms with van der Waals surface area (Å²) >= 11 is 0. The van der Waals surface area contributed by atoms with Crippen molar-refractivity contribution in [2.75, 3.05) is 13.6 Å². The maximum Gasteiger partial charge on any atom is 0.326 e. The molecule has 0 radical (unpaired) electrons. The zero-order valence-electron chi connectivity index (χ0n) is 10.5. The molecular weight excluding hydrogens is 252 g/mol. The maximum atomic E-state index is 12.2. The third-order valence-electron chi connectivity index (χ3n) is 3.11. The molecule has 2 unspecified atom stereocenters. The smallest absolute Gasteiger partial charge is 0.326 e. The summed E-state index contributed by atoms with van der Waals surface area (Å²) in [4.78, 5) is 25.8. The first-order valence-electron chi connectivity index (χ1n) is 5.94. The van der Waals surface area contributed by atoms with Gasteiger partial charge in [-0.3, -0.25) is 0 Å². The Bertz CT molecular complexity index is 459. The molecule has 1 saturated heterocycles. The van der Waals surface area contributed by atoms with Crippen LogP contribution < -0.4 is 0 Å². The number of carboxylic acids is 1. The van der Waals surface area contributed by atoms with Crippen molar-refractivity contribution in [1.29, 1.82) is 0 Å². The quantitative estimate of drug-likeness (QED) is 0.825. The molecule has 0 aliphatic carbocycles. The van der Waals surface area contributed by atoms with Crippen LogP contribution in [0, 0.1) is 0 Å². The number of aliphatic hydroxyl groups is 1. The number of urea groups is 1. The van der Waals surface area contributed by atoms with E-state index in [0.717, 1.165) is 0 Å². The highest BCUT2D eigenvalue weighted by molar-refractivity contribution is 5.83. The number of rotatable bonds is 3. The van der Waals surface area contributed by atoms with Gasteiger partial charge in [0.25, 0.3) is 0 Å². The number of hydrogen-bond donors (Lipinski definition) is 2. The van der Waals surface area contributed by atoms with Crippen LogP contribution in [0.5, 0.6) is 0 Å². The number of aliphatic hydroxyl groups excluding tert-OH is 1. The number of carboxylic acid groups (broad SMARTS) is 1. The van der Waals surface area contributed by atoms with E-state index >= 15 is 0 Å². The van der Waals surface area contributed by atoms with E-state index in [1.807, 2.05) is 0 Å². The second-order valence-electron chi connectivity index (χ2n) is 4.61. The Morgan fingerprint density at radius 1 is 1.58 bits per heavy atom. The lowest BCUT2D eigenvalue weighted by molar-refractivity contribution is -0.141. The van der Waals surface area contributed by atoms with Gasteiger partial charge < -0.3 is 24.4 Å². The lowest BCUT2D eigenvalue weighted by Gasteiger charge is -2.26. The first-order valence-corrected chi connectivity index (χ1v) is 5.94. The monoisotopic (exact) mass is 268 g/mol. The number of nitrogens with zero attached hydrogens (tertiary/aromatic N) is 2. The van der Waals surface area contributed by atoms with Crippen molar-refractivity contribution in [3.63, 3.8) is 0 Å². The van der Waals surface area contributed by atoms with Crippen LogP contribution in [0.1, 0.15) is 12.2 Å². The van der Waals surface area contributed by atoms with E-state index in [9.17, 15) is 14.7 Å². The van der Waals surface area contributed by atoms with Crippen molar-refractivity contribution in [3.05, 3.63) is 24.2 Å². The number of likely N-dealkylation sites (tertiary alicyclic amines) is 1. The summed E-state index contributed by atoms with van der Waals surface area (Å²) in [6.45, 7) is 0.295. The van der Waals surface area contributed by atoms with Crippen LogP contribution in [0.15, 0.2) is 22.8 Å². The fourth-order valence-electron chi connectivity index (χ4n) is 2.18. The first-order chi connectivity index (χ1) is 8.99. The topological polar surface area (TPSA) is 94.2 Å². The van der Waals surface area contributed by atoms with Crippen molar-refractivity contribution < 1.29 is 24.2 Å². The average Bonchev–Trinajstić information content (AvgIpc) is 2.97. The van der Waals surface area contributed by atoms with Crippen LogP contribution in [-0.2, 0) is 11.3 Å². The van der Waals surface area contributed by atoms with E-state index in [1.165, 1.54) is 16.1 Å². The summed E-state index contributed by atoms with van der Waals surface area (Å²) in [7, 11) is 1.56. The minimum Gasteiger partial charge on any atom is -0.480 e. The molecular formula is C12H16N2O5. The van der Waals surface area contributed by atoms with Gasteiger partial charge in [0, 0.05) is 20.0 Å². The Labute approximate surface area is 110 Å². The lowest BCUT2D eigenvalue weighted by atomic mass is 10.2. The molecule has 19 heavy (non-hydrogen) atoms. The molecule has 7 nitrogen and oxygen atoms in total. The number of carbonyl (C=O) groups excluding carboxylic acids is 1. The van der Waals surface area contributed by atoms with Gasteiger partial charge in [-0.1, -0.05) is 0 Å². The lowest BCUT2D eigenvalue weighted by Crippen LogP contribution is -2.46. The van der Waals surface area contributed by atoms with E-state index in [0.29, 0.717) is 5.76 Å². The zero-order valence-corrected chi connectivity index (χ0v) is 10.5. The number of furan rings is 1. The highest BCUT2D eigenvalue weighted by Gasteiger charge is 2.40. The predicted octanol–water partition coefficient (Wildman–Crippen LogP) is 0.351. The molecule has 1 fully saturated rings. The molecule has 1 aliphatic heterocycles. The fraction of sp³-hybridized carbons (Fsp3) is 0.500. The molecule has 0 bridgehead atoms. The average molecular weight is 268 g/mol. The Kier molecular flexibility index (Phi) is 3.75. The van der Waals surface area contributed by atoms with Crippen molar-refractivity contribution in [2.45, 2.75) is 25.1 Å². The molecule has 0 aromatic carbocycles. The Hall–Kier alpha value is -2.02. The molecule has 7 heteroatoms.